The summed E-state index contributed by atoms with van der Waals surface area (Å²) in [5, 5.41) is 10.9. The average molecular weight is 290 g/mol. The number of aliphatic carboxylic acids is 1. The molecule has 1 heterocycles. The number of carboxylic acids is 1. The van der Waals surface area contributed by atoms with E-state index in [9.17, 15) is 22.8 Å². The molecule has 1 atom stereocenters. The van der Waals surface area contributed by atoms with Crippen molar-refractivity contribution in [2.75, 3.05) is 0 Å². The third-order valence-electron chi connectivity index (χ3n) is 2.48. The van der Waals surface area contributed by atoms with Crippen LogP contribution in [0.1, 0.15) is 35.1 Å². The number of aryl methyl sites for hydroxylation is 1. The highest BCUT2D eigenvalue weighted by Gasteiger charge is 2.33. The standard InChI is InChI=1S/C12H13F3N2O3/c1-6(5-10(18)19)16-11(20)8-3-4-9(12(13,14)15)17-7(8)2/h3-4,6H,5H2,1-2H3,(H,16,20)(H,18,19). The largest absolute Gasteiger partial charge is 0.481 e. The summed E-state index contributed by atoms with van der Waals surface area (Å²) in [4.78, 5) is 25.6. The Morgan fingerprint density at radius 2 is 2.00 bits per heavy atom. The molecule has 5 nitrogen and oxygen atoms in total. The fourth-order valence-electron chi connectivity index (χ4n) is 1.57. The number of nitrogens with zero attached hydrogens (tertiary/aromatic N) is 1. The third-order valence-corrected chi connectivity index (χ3v) is 2.48. The van der Waals surface area contributed by atoms with Gasteiger partial charge in [0, 0.05) is 6.04 Å². The first-order chi connectivity index (χ1) is 9.11. The number of hydrogen-bond donors (Lipinski definition) is 2. The van der Waals surface area contributed by atoms with Gasteiger partial charge in [0.05, 0.1) is 17.7 Å². The first kappa shape index (κ1) is 15.9. The molecule has 110 valence electrons. The number of aromatic nitrogens is 1. The quantitative estimate of drug-likeness (QED) is 0.889. The molecule has 1 amide bonds. The van der Waals surface area contributed by atoms with Crippen LogP contribution in [0.4, 0.5) is 13.2 Å². The predicted molar refractivity (Wildman–Crippen MR) is 63.2 cm³/mol. The van der Waals surface area contributed by atoms with Crippen LogP contribution >= 0.6 is 0 Å². The third kappa shape index (κ3) is 4.22. The minimum atomic E-state index is -4.57. The van der Waals surface area contributed by atoms with Crippen LogP contribution in [0.15, 0.2) is 12.1 Å². The van der Waals surface area contributed by atoms with Crippen molar-refractivity contribution in [1.29, 1.82) is 0 Å². The van der Waals surface area contributed by atoms with Crippen LogP contribution in [-0.2, 0) is 11.0 Å². The van der Waals surface area contributed by atoms with Crippen molar-refractivity contribution in [1.82, 2.24) is 10.3 Å². The summed E-state index contributed by atoms with van der Waals surface area (Å²) >= 11 is 0. The second kappa shape index (κ2) is 5.89. The lowest BCUT2D eigenvalue weighted by atomic mass is 10.1. The smallest absolute Gasteiger partial charge is 0.433 e. The van der Waals surface area contributed by atoms with Crippen molar-refractivity contribution in [3.05, 3.63) is 29.1 Å². The van der Waals surface area contributed by atoms with Crippen LogP contribution in [0.25, 0.3) is 0 Å². The van der Waals surface area contributed by atoms with Crippen LogP contribution in [0.3, 0.4) is 0 Å². The molecule has 0 fully saturated rings. The Morgan fingerprint density at radius 1 is 1.40 bits per heavy atom. The average Bonchev–Trinajstić information content (AvgIpc) is 2.25. The number of carbonyl (C=O) groups is 2. The minimum absolute atomic E-state index is 0.0183. The number of amides is 1. The van der Waals surface area contributed by atoms with Gasteiger partial charge >= 0.3 is 12.1 Å². The molecule has 0 aromatic carbocycles. The fraction of sp³-hybridized carbons (Fsp3) is 0.417. The molecular weight excluding hydrogens is 277 g/mol. The Balaban J connectivity index is 2.87. The molecule has 8 heteroatoms. The molecule has 1 aromatic heterocycles. The van der Waals surface area contributed by atoms with E-state index >= 15 is 0 Å². The van der Waals surface area contributed by atoms with Crippen molar-refractivity contribution in [2.45, 2.75) is 32.5 Å². The summed E-state index contributed by atoms with van der Waals surface area (Å²) in [6.07, 6.45) is -4.85. The van der Waals surface area contributed by atoms with Crippen LogP contribution in [0, 0.1) is 6.92 Å². The Kier molecular flexibility index (Phi) is 4.69. The Bertz CT molecular complexity index is 529. The molecule has 1 rings (SSSR count). The number of nitrogens with one attached hydrogen (secondary N) is 1. The molecule has 0 aliphatic rings. The van der Waals surface area contributed by atoms with Crippen LogP contribution in [0.5, 0.6) is 0 Å². The SMILES string of the molecule is Cc1nc(C(F)(F)F)ccc1C(=O)NC(C)CC(=O)O. The van der Waals surface area contributed by atoms with Crippen LogP contribution in [-0.4, -0.2) is 28.0 Å². The van der Waals surface area contributed by atoms with E-state index in [2.05, 4.69) is 10.3 Å². The lowest BCUT2D eigenvalue weighted by molar-refractivity contribution is -0.141. The van der Waals surface area contributed by atoms with E-state index in [4.69, 9.17) is 5.11 Å². The minimum Gasteiger partial charge on any atom is -0.481 e. The first-order valence-electron chi connectivity index (χ1n) is 5.68. The molecule has 0 aliphatic carbocycles. The topological polar surface area (TPSA) is 79.3 Å². The number of alkyl halides is 3. The molecule has 0 aliphatic heterocycles. The lowest BCUT2D eigenvalue weighted by Crippen LogP contribution is -2.34. The van der Waals surface area contributed by atoms with Gasteiger partial charge in [0.15, 0.2) is 0 Å². The molecule has 1 unspecified atom stereocenters. The molecule has 1 aromatic rings. The van der Waals surface area contributed by atoms with Gasteiger partial charge in [0.1, 0.15) is 5.69 Å². The zero-order valence-corrected chi connectivity index (χ0v) is 10.8. The highest BCUT2D eigenvalue weighted by molar-refractivity contribution is 5.95. The highest BCUT2D eigenvalue weighted by Crippen LogP contribution is 2.28. The van der Waals surface area contributed by atoms with Gasteiger partial charge in [0.25, 0.3) is 5.91 Å². The summed E-state index contributed by atoms with van der Waals surface area (Å²) in [6, 6.07) is 1.10. The number of pyridine rings is 1. The van der Waals surface area contributed by atoms with Crippen LogP contribution < -0.4 is 5.32 Å². The predicted octanol–water partition coefficient (Wildman–Crippen LogP) is 2.00. The van der Waals surface area contributed by atoms with Gasteiger partial charge in [-0.2, -0.15) is 13.2 Å². The second-order valence-corrected chi connectivity index (χ2v) is 4.30. The summed E-state index contributed by atoms with van der Waals surface area (Å²) in [7, 11) is 0. The zero-order valence-electron chi connectivity index (χ0n) is 10.8. The number of hydrogen-bond acceptors (Lipinski definition) is 3. The lowest BCUT2D eigenvalue weighted by Gasteiger charge is -2.13. The van der Waals surface area contributed by atoms with E-state index < -0.39 is 29.8 Å². The maximum Gasteiger partial charge on any atom is 0.433 e. The van der Waals surface area contributed by atoms with E-state index in [0.29, 0.717) is 6.07 Å². The van der Waals surface area contributed by atoms with Crippen molar-refractivity contribution < 1.29 is 27.9 Å². The fourth-order valence-corrected chi connectivity index (χ4v) is 1.57. The normalized spacial score (nSPS) is 12.8. The zero-order chi connectivity index (χ0) is 15.5. The Labute approximate surface area is 112 Å². The van der Waals surface area contributed by atoms with Gasteiger partial charge < -0.3 is 10.4 Å². The summed E-state index contributed by atoms with van der Waals surface area (Å²) < 4.78 is 37.3. The van der Waals surface area contributed by atoms with E-state index in [-0.39, 0.29) is 17.7 Å². The van der Waals surface area contributed by atoms with E-state index in [1.807, 2.05) is 0 Å². The number of carbonyl (C=O) groups excluding carboxylic acids is 1. The van der Waals surface area contributed by atoms with Gasteiger partial charge in [0.2, 0.25) is 0 Å². The van der Waals surface area contributed by atoms with Gasteiger partial charge in [-0.05, 0) is 26.0 Å². The van der Waals surface area contributed by atoms with Crippen LogP contribution in [0.2, 0.25) is 0 Å². The molecule has 0 saturated heterocycles. The molecular formula is C12H13F3N2O3. The number of carboxylic acid groups (broad SMARTS) is 1. The monoisotopic (exact) mass is 290 g/mol. The van der Waals surface area contributed by atoms with Crippen molar-refractivity contribution in [3.63, 3.8) is 0 Å². The molecule has 0 radical (unpaired) electrons. The van der Waals surface area contributed by atoms with Gasteiger partial charge in [-0.25, -0.2) is 4.98 Å². The van der Waals surface area contributed by atoms with E-state index in [0.717, 1.165) is 6.07 Å². The second-order valence-electron chi connectivity index (χ2n) is 4.30. The maximum atomic E-state index is 12.4. The number of rotatable bonds is 4. The maximum absolute atomic E-state index is 12.4. The Hall–Kier alpha value is -2.12. The van der Waals surface area contributed by atoms with E-state index in [1.165, 1.54) is 13.8 Å². The summed E-state index contributed by atoms with van der Waals surface area (Å²) in [6.45, 7) is 2.77. The number of halogens is 3. The van der Waals surface area contributed by atoms with Gasteiger partial charge in [-0.15, -0.1) is 0 Å². The molecule has 20 heavy (non-hydrogen) atoms. The highest BCUT2D eigenvalue weighted by atomic mass is 19.4. The van der Waals surface area contributed by atoms with Crippen molar-refractivity contribution in [3.8, 4) is 0 Å². The molecule has 0 spiro atoms. The Morgan fingerprint density at radius 3 is 2.45 bits per heavy atom. The molecule has 2 N–H and O–H groups in total. The molecule has 0 bridgehead atoms. The van der Waals surface area contributed by atoms with E-state index in [1.54, 1.807) is 0 Å². The van der Waals surface area contributed by atoms with Gasteiger partial charge in [-0.3, -0.25) is 9.59 Å². The van der Waals surface area contributed by atoms with Gasteiger partial charge in [-0.1, -0.05) is 0 Å². The summed E-state index contributed by atoms with van der Waals surface area (Å²) in [5.41, 5.74) is -1.17. The van der Waals surface area contributed by atoms with Crippen molar-refractivity contribution in [2.24, 2.45) is 0 Å². The summed E-state index contributed by atoms with van der Waals surface area (Å²) in [5.74, 6) is -1.74. The van der Waals surface area contributed by atoms with Crippen molar-refractivity contribution >= 4 is 11.9 Å². The molecule has 0 saturated carbocycles. The first-order valence-corrected chi connectivity index (χ1v) is 5.68.